The number of methoxy groups -OCH3 is 1. The second-order valence-corrected chi connectivity index (χ2v) is 21.2. The molecule has 16 nitrogen and oxygen atoms in total. The Morgan fingerprint density at radius 2 is 0.855 bits per heavy atom. The number of carbonyl (C=O) groups is 4. The van der Waals surface area contributed by atoms with Gasteiger partial charge in [-0.15, -0.1) is 23.5 Å². The number of aryl methyl sites for hydroxylation is 1. The maximum Gasteiger partial charge on any atom is 0.316 e. The topological polar surface area (TPSA) is 208 Å². The van der Waals surface area contributed by atoms with E-state index in [1.165, 1.54) is 58.5 Å². The Labute approximate surface area is 466 Å². The zero-order chi connectivity index (χ0) is 55.4. The number of thioether (sulfide) groups is 2. The van der Waals surface area contributed by atoms with Crippen molar-refractivity contribution < 1.29 is 76.8 Å². The lowest BCUT2D eigenvalue weighted by Crippen LogP contribution is -2.22. The number of carbonyl (C=O) groups excluding carboxylic acids is 4. The van der Waals surface area contributed by atoms with Crippen LogP contribution in [0.4, 0.5) is 0 Å². The molecular weight excluding hydrogens is 1060 g/mol. The number of benzene rings is 4. The van der Waals surface area contributed by atoms with E-state index in [0.29, 0.717) is 30.5 Å². The molecule has 2 aliphatic heterocycles. The Kier molecular flexibility index (Phi) is 28.8. The molecule has 2 saturated heterocycles. The lowest BCUT2D eigenvalue weighted by atomic mass is 9.78. The van der Waals surface area contributed by atoms with Crippen LogP contribution in [0, 0.1) is 6.92 Å². The monoisotopic (exact) mass is 1130 g/mol. The molecule has 4 aromatic carbocycles. The smallest absolute Gasteiger partial charge is 0.316 e. The first-order valence-electron chi connectivity index (χ1n) is 24.8. The molecule has 418 valence electrons. The van der Waals surface area contributed by atoms with Gasteiger partial charge >= 0.3 is 23.9 Å². The van der Waals surface area contributed by atoms with E-state index < -0.39 is 36.1 Å². The highest BCUT2D eigenvalue weighted by Gasteiger charge is 2.27. The highest BCUT2D eigenvalue weighted by Crippen LogP contribution is 2.35. The summed E-state index contributed by atoms with van der Waals surface area (Å²) in [4.78, 5) is 44.4. The molecule has 0 bridgehead atoms. The first kappa shape index (κ1) is 63.9. The van der Waals surface area contributed by atoms with Gasteiger partial charge in [-0.05, 0) is 65.6 Å². The van der Waals surface area contributed by atoms with Crippen molar-refractivity contribution in [3.63, 3.8) is 0 Å². The van der Waals surface area contributed by atoms with Crippen molar-refractivity contribution in [1.29, 1.82) is 0 Å². The predicted octanol–water partition coefficient (Wildman–Crippen LogP) is 7.12. The summed E-state index contributed by atoms with van der Waals surface area (Å²) in [7, 11) is 1.49. The number of aliphatic hydroxyl groups excluding tert-OH is 2. The predicted molar refractivity (Wildman–Crippen MR) is 301 cm³/mol. The van der Waals surface area contributed by atoms with Gasteiger partial charge in [-0.2, -0.15) is 25.3 Å². The number of hydrogen-bond acceptors (Lipinski definition) is 20. The summed E-state index contributed by atoms with van der Waals surface area (Å²) < 4.78 is 51.5. The van der Waals surface area contributed by atoms with Crippen molar-refractivity contribution in [1.82, 2.24) is 0 Å². The number of thiol groups is 2. The van der Waals surface area contributed by atoms with Gasteiger partial charge in [0.1, 0.15) is 75.7 Å². The highest BCUT2D eigenvalue weighted by molar-refractivity contribution is 8.00. The van der Waals surface area contributed by atoms with Crippen molar-refractivity contribution in [3.05, 3.63) is 125 Å². The second-order valence-electron chi connectivity index (χ2n) is 18.5. The molecule has 4 unspecified atom stereocenters. The van der Waals surface area contributed by atoms with Crippen LogP contribution >= 0.6 is 48.8 Å². The number of aliphatic hydroxyl groups is 2. The van der Waals surface area contributed by atoms with Crippen molar-refractivity contribution in [2.24, 2.45) is 0 Å². The van der Waals surface area contributed by atoms with Gasteiger partial charge in [0, 0.05) is 29.4 Å². The average molecular weight is 1130 g/mol. The second kappa shape index (κ2) is 34.3. The lowest BCUT2D eigenvalue weighted by molar-refractivity contribution is -0.148. The van der Waals surface area contributed by atoms with E-state index in [0.717, 1.165) is 24.7 Å². The van der Waals surface area contributed by atoms with Gasteiger partial charge in [-0.1, -0.05) is 93.9 Å². The molecular formula is C56H74O16S4. The molecule has 2 heterocycles. The third-order valence-electron chi connectivity index (χ3n) is 11.5. The summed E-state index contributed by atoms with van der Waals surface area (Å²) in [5.41, 5.74) is 5.90. The van der Waals surface area contributed by atoms with E-state index in [9.17, 15) is 29.4 Å². The van der Waals surface area contributed by atoms with E-state index in [4.69, 9.17) is 37.9 Å². The summed E-state index contributed by atoms with van der Waals surface area (Å²) in [6.07, 6.45) is -0.816. The molecule has 20 heteroatoms. The Hall–Kier alpha value is -4.64. The molecule has 0 amide bonds. The van der Waals surface area contributed by atoms with Gasteiger partial charge in [0.05, 0.1) is 55.0 Å². The highest BCUT2D eigenvalue weighted by atomic mass is 32.2. The SMILES string of the molecule is CC(C)(c1ccc(OCC2CO2)cc1)c1ccc(OCC2CO2)cc1.COCC(O)CSCC(=O)OCCOC(=O)CSCC(O)COc1ccc(C(C)(C)c2ccc(C)cc2)cc1.O=C(CS)OCCOC(=O)CS. The standard InChI is InChI=1S/C29H40O8S2.C21H24O4.C6H10O4S2/c1-21-5-7-22(8-6-21)29(2,3)23-9-11-26(12-10-23)37-16-25(31)18-39-20-28(33)36-14-13-35-27(32)19-38-17-24(30)15-34-4;1-21(2,15-3-7-17(8-4-15)22-11-19-13-24-19)16-5-9-18(10-6-16)23-12-20-14-25-20;7-5(3-11)9-1-2-10-6(8)4-12/h5-12,24-25,30-31H,13-20H2,1-4H3;3-10,19-20H,11-14H2,1-2H3;11-12H,1-4H2. The minimum Gasteiger partial charge on any atom is -0.491 e. The van der Waals surface area contributed by atoms with Crippen LogP contribution in [-0.2, 0) is 63.2 Å². The lowest BCUT2D eigenvalue weighted by Gasteiger charge is -2.26. The maximum atomic E-state index is 11.8. The molecule has 0 aliphatic carbocycles. The Morgan fingerprint density at radius 1 is 0.539 bits per heavy atom. The summed E-state index contributed by atoms with van der Waals surface area (Å²) in [5.74, 6) is 1.60. The Morgan fingerprint density at radius 3 is 1.18 bits per heavy atom. The maximum absolute atomic E-state index is 11.8. The number of epoxide rings is 2. The zero-order valence-electron chi connectivity index (χ0n) is 44.2. The number of rotatable bonds is 31. The molecule has 4 aromatic rings. The van der Waals surface area contributed by atoms with Crippen LogP contribution in [0.15, 0.2) is 97.1 Å². The molecule has 0 spiro atoms. The van der Waals surface area contributed by atoms with Gasteiger partial charge < -0.3 is 57.6 Å². The molecule has 2 N–H and O–H groups in total. The molecule has 6 rings (SSSR count). The van der Waals surface area contributed by atoms with E-state index >= 15 is 0 Å². The fourth-order valence-corrected chi connectivity index (χ4v) is 8.40. The van der Waals surface area contributed by atoms with Crippen molar-refractivity contribution >= 4 is 72.7 Å². The van der Waals surface area contributed by atoms with Crippen molar-refractivity contribution in [3.8, 4) is 17.2 Å². The van der Waals surface area contributed by atoms with Crippen LogP contribution in [0.1, 0.15) is 55.5 Å². The Bertz CT molecular complexity index is 2230. The van der Waals surface area contributed by atoms with Gasteiger partial charge in [0.2, 0.25) is 0 Å². The first-order valence-corrected chi connectivity index (χ1v) is 28.4. The van der Waals surface area contributed by atoms with Crippen LogP contribution in [0.25, 0.3) is 0 Å². The van der Waals surface area contributed by atoms with Gasteiger partial charge in [-0.25, -0.2) is 0 Å². The molecule has 76 heavy (non-hydrogen) atoms. The number of hydrogen-bond donors (Lipinski definition) is 4. The molecule has 2 aliphatic rings. The summed E-state index contributed by atoms with van der Waals surface area (Å²) >= 11 is 9.85. The fourth-order valence-electron chi connectivity index (χ4n) is 6.75. The van der Waals surface area contributed by atoms with Gasteiger partial charge in [-0.3, -0.25) is 19.2 Å². The summed E-state index contributed by atoms with van der Waals surface area (Å²) in [6, 6.07) is 33.1. The molecule has 0 radical (unpaired) electrons. The normalized spacial score (nSPS) is 15.2. The molecule has 0 saturated carbocycles. The molecule has 2 fully saturated rings. The minimum absolute atomic E-state index is 0.0283. The van der Waals surface area contributed by atoms with E-state index in [2.05, 4.69) is 118 Å². The number of ether oxygens (including phenoxy) is 10. The van der Waals surface area contributed by atoms with E-state index in [1.807, 2.05) is 48.5 Å². The largest absolute Gasteiger partial charge is 0.491 e. The van der Waals surface area contributed by atoms with Crippen LogP contribution in [-0.4, -0.2) is 166 Å². The third kappa shape index (κ3) is 25.2. The van der Waals surface area contributed by atoms with Gasteiger partial charge in [0.25, 0.3) is 0 Å². The third-order valence-corrected chi connectivity index (χ3v) is 14.2. The summed E-state index contributed by atoms with van der Waals surface area (Å²) in [5, 5.41) is 19.7. The fraction of sp³-hybridized carbons (Fsp3) is 0.500. The first-order chi connectivity index (χ1) is 36.4. The van der Waals surface area contributed by atoms with Crippen LogP contribution in [0.3, 0.4) is 0 Å². The Balaban J connectivity index is 0.000000285. The van der Waals surface area contributed by atoms with Crippen LogP contribution in [0.5, 0.6) is 17.2 Å². The zero-order valence-corrected chi connectivity index (χ0v) is 47.6. The van der Waals surface area contributed by atoms with E-state index in [-0.39, 0.29) is 85.7 Å². The average Bonchev–Trinajstić information content (AvgIpc) is 4.37. The van der Waals surface area contributed by atoms with Crippen LogP contribution in [0.2, 0.25) is 0 Å². The molecule has 4 atom stereocenters. The number of esters is 4. The van der Waals surface area contributed by atoms with Crippen LogP contribution < -0.4 is 14.2 Å². The van der Waals surface area contributed by atoms with E-state index in [1.54, 1.807) is 0 Å². The van der Waals surface area contributed by atoms with Crippen molar-refractivity contribution in [2.75, 3.05) is 108 Å². The van der Waals surface area contributed by atoms with Gasteiger partial charge in [0.15, 0.2) is 0 Å². The summed E-state index contributed by atoms with van der Waals surface area (Å²) in [6.45, 7) is 14.2. The quantitative estimate of drug-likeness (QED) is 0.0130. The van der Waals surface area contributed by atoms with Crippen molar-refractivity contribution in [2.45, 2.75) is 69.9 Å². The minimum atomic E-state index is -0.743. The molecule has 0 aromatic heterocycles.